The van der Waals surface area contributed by atoms with Crippen molar-refractivity contribution in [3.63, 3.8) is 0 Å². The number of nitrogens with one attached hydrogen (secondary N) is 1. The van der Waals surface area contributed by atoms with Gasteiger partial charge in [0.25, 0.3) is 0 Å². The quantitative estimate of drug-likeness (QED) is 0.753. The molecule has 0 unspecified atom stereocenters. The van der Waals surface area contributed by atoms with Crippen LogP contribution in [0.3, 0.4) is 0 Å². The number of carbonyl (C=O) groups excluding carboxylic acids is 1. The van der Waals surface area contributed by atoms with Gasteiger partial charge < -0.3 is 25.0 Å². The fraction of sp³-hybridized carbons (Fsp3) is 0.588. The molecule has 6 nitrogen and oxygen atoms in total. The SMILES string of the molecule is CC(C)N(CCOCCO)C(=O)Nc1ccc2c(c1)N(C)CC2. The molecule has 128 valence electrons. The smallest absolute Gasteiger partial charge is 0.322 e. The zero-order valence-electron chi connectivity index (χ0n) is 14.2. The molecule has 2 N–H and O–H groups in total. The van der Waals surface area contributed by atoms with Gasteiger partial charge in [0.2, 0.25) is 0 Å². The van der Waals surface area contributed by atoms with E-state index in [-0.39, 0.29) is 18.7 Å². The fourth-order valence-corrected chi connectivity index (χ4v) is 2.74. The van der Waals surface area contributed by atoms with Gasteiger partial charge in [-0.3, -0.25) is 0 Å². The molecular formula is C17H27N3O3. The van der Waals surface area contributed by atoms with Gasteiger partial charge in [-0.1, -0.05) is 6.07 Å². The zero-order chi connectivity index (χ0) is 16.8. The number of fused-ring (bicyclic) bond motifs is 1. The molecule has 1 heterocycles. The van der Waals surface area contributed by atoms with Crippen LogP contribution in [-0.4, -0.2) is 62.0 Å². The van der Waals surface area contributed by atoms with Crippen LogP contribution in [0.15, 0.2) is 18.2 Å². The van der Waals surface area contributed by atoms with E-state index in [1.807, 2.05) is 26.0 Å². The molecular weight excluding hydrogens is 294 g/mol. The monoisotopic (exact) mass is 321 g/mol. The summed E-state index contributed by atoms with van der Waals surface area (Å²) in [5, 5.41) is 11.7. The lowest BCUT2D eigenvalue weighted by atomic mass is 10.1. The molecule has 0 saturated heterocycles. The first kappa shape index (κ1) is 17.6. The molecule has 6 heteroatoms. The Labute approximate surface area is 138 Å². The van der Waals surface area contributed by atoms with E-state index >= 15 is 0 Å². The molecule has 0 fully saturated rings. The first-order chi connectivity index (χ1) is 11.0. The number of hydrogen-bond donors (Lipinski definition) is 2. The molecule has 0 saturated carbocycles. The Morgan fingerprint density at radius 3 is 2.91 bits per heavy atom. The summed E-state index contributed by atoms with van der Waals surface area (Å²) < 4.78 is 5.26. The highest BCUT2D eigenvalue weighted by molar-refractivity contribution is 5.90. The van der Waals surface area contributed by atoms with Gasteiger partial charge in [-0.25, -0.2) is 4.79 Å². The van der Waals surface area contributed by atoms with E-state index in [0.29, 0.717) is 19.8 Å². The van der Waals surface area contributed by atoms with Gasteiger partial charge in [-0.05, 0) is 38.0 Å². The van der Waals surface area contributed by atoms with Gasteiger partial charge in [0.1, 0.15) is 0 Å². The maximum Gasteiger partial charge on any atom is 0.322 e. The van der Waals surface area contributed by atoms with Gasteiger partial charge in [-0.15, -0.1) is 0 Å². The predicted octanol–water partition coefficient (Wildman–Crippen LogP) is 1.93. The lowest BCUT2D eigenvalue weighted by Gasteiger charge is -2.27. The Balaban J connectivity index is 1.97. The third kappa shape index (κ3) is 4.59. The van der Waals surface area contributed by atoms with Gasteiger partial charge in [0.15, 0.2) is 0 Å². The molecule has 1 aliphatic heterocycles. The first-order valence-corrected chi connectivity index (χ1v) is 8.13. The van der Waals surface area contributed by atoms with Crippen molar-refractivity contribution in [1.82, 2.24) is 4.90 Å². The third-order valence-corrected chi connectivity index (χ3v) is 4.06. The molecule has 1 aromatic rings. The van der Waals surface area contributed by atoms with E-state index in [1.165, 1.54) is 11.3 Å². The number of ether oxygens (including phenoxy) is 1. The van der Waals surface area contributed by atoms with Crippen molar-refractivity contribution in [3.05, 3.63) is 23.8 Å². The highest BCUT2D eigenvalue weighted by atomic mass is 16.5. The summed E-state index contributed by atoms with van der Waals surface area (Å²) in [4.78, 5) is 16.4. The third-order valence-electron chi connectivity index (χ3n) is 4.06. The highest BCUT2D eigenvalue weighted by Crippen LogP contribution is 2.29. The standard InChI is InChI=1S/C17H27N3O3/c1-13(2)20(8-10-23-11-9-21)17(22)18-15-5-4-14-6-7-19(3)16(14)12-15/h4-5,12-13,21H,6-11H2,1-3H3,(H,18,22). The highest BCUT2D eigenvalue weighted by Gasteiger charge is 2.19. The summed E-state index contributed by atoms with van der Waals surface area (Å²) in [6.07, 6.45) is 1.06. The van der Waals surface area contributed by atoms with Crippen LogP contribution in [-0.2, 0) is 11.2 Å². The molecule has 1 aliphatic rings. The van der Waals surface area contributed by atoms with Crippen LogP contribution in [0, 0.1) is 0 Å². The molecule has 2 rings (SSSR count). The molecule has 0 spiro atoms. The average Bonchev–Trinajstić information content (AvgIpc) is 2.88. The largest absolute Gasteiger partial charge is 0.394 e. The number of likely N-dealkylation sites (N-methyl/N-ethyl adjacent to an activating group) is 1. The second kappa shape index (κ2) is 8.17. The van der Waals surface area contributed by atoms with E-state index in [4.69, 9.17) is 9.84 Å². The van der Waals surface area contributed by atoms with E-state index in [0.717, 1.165) is 18.7 Å². The number of urea groups is 1. The maximum absolute atomic E-state index is 12.5. The topological polar surface area (TPSA) is 65.0 Å². The number of benzene rings is 1. The summed E-state index contributed by atoms with van der Waals surface area (Å²) in [5.74, 6) is 0. The Morgan fingerprint density at radius 1 is 1.43 bits per heavy atom. The molecule has 0 bridgehead atoms. The van der Waals surface area contributed by atoms with Crippen molar-refractivity contribution in [2.75, 3.05) is 50.2 Å². The van der Waals surface area contributed by atoms with Crippen LogP contribution in [0.4, 0.5) is 16.2 Å². The van der Waals surface area contributed by atoms with Gasteiger partial charge >= 0.3 is 6.03 Å². The minimum atomic E-state index is -0.131. The van der Waals surface area contributed by atoms with Crippen LogP contribution >= 0.6 is 0 Å². The molecule has 0 radical (unpaired) electrons. The minimum Gasteiger partial charge on any atom is -0.394 e. The van der Waals surface area contributed by atoms with Gasteiger partial charge in [-0.2, -0.15) is 0 Å². The normalized spacial score (nSPS) is 13.3. The second-order valence-corrected chi connectivity index (χ2v) is 6.07. The van der Waals surface area contributed by atoms with Crippen molar-refractivity contribution < 1.29 is 14.6 Å². The number of amides is 2. The number of aliphatic hydroxyl groups is 1. The van der Waals surface area contributed by atoms with Crippen molar-refractivity contribution >= 4 is 17.4 Å². The second-order valence-electron chi connectivity index (χ2n) is 6.07. The Morgan fingerprint density at radius 2 is 2.22 bits per heavy atom. The first-order valence-electron chi connectivity index (χ1n) is 8.13. The summed E-state index contributed by atoms with van der Waals surface area (Å²) in [6, 6.07) is 6.01. The Kier molecular flexibility index (Phi) is 6.24. The molecule has 23 heavy (non-hydrogen) atoms. The maximum atomic E-state index is 12.5. The molecule has 0 atom stereocenters. The van der Waals surface area contributed by atoms with Gasteiger partial charge in [0.05, 0.1) is 19.8 Å². The minimum absolute atomic E-state index is 0.00345. The molecule has 0 aromatic heterocycles. The lowest BCUT2D eigenvalue weighted by molar-refractivity contribution is 0.0757. The summed E-state index contributed by atoms with van der Waals surface area (Å²) >= 11 is 0. The van der Waals surface area contributed by atoms with Crippen molar-refractivity contribution in [2.24, 2.45) is 0 Å². The molecule has 2 amide bonds. The van der Waals surface area contributed by atoms with Crippen LogP contribution in [0.1, 0.15) is 19.4 Å². The molecule has 1 aromatic carbocycles. The van der Waals surface area contributed by atoms with Crippen LogP contribution in [0.5, 0.6) is 0 Å². The number of nitrogens with zero attached hydrogens (tertiary/aromatic N) is 2. The van der Waals surface area contributed by atoms with E-state index in [9.17, 15) is 4.79 Å². The van der Waals surface area contributed by atoms with Gasteiger partial charge in [0, 0.05) is 37.6 Å². The summed E-state index contributed by atoms with van der Waals surface area (Å²) in [5.41, 5.74) is 3.32. The fourth-order valence-electron chi connectivity index (χ4n) is 2.74. The number of anilines is 2. The van der Waals surface area contributed by atoms with Crippen LogP contribution in [0.2, 0.25) is 0 Å². The number of rotatable bonds is 7. The predicted molar refractivity (Wildman–Crippen MR) is 92.2 cm³/mol. The van der Waals surface area contributed by atoms with Crippen LogP contribution < -0.4 is 10.2 Å². The summed E-state index contributed by atoms with van der Waals surface area (Å²) in [6.45, 7) is 6.17. The number of aliphatic hydroxyl groups excluding tert-OH is 1. The zero-order valence-corrected chi connectivity index (χ0v) is 14.2. The Hall–Kier alpha value is -1.79. The average molecular weight is 321 g/mol. The summed E-state index contributed by atoms with van der Waals surface area (Å²) in [7, 11) is 2.07. The number of carbonyl (C=O) groups is 1. The van der Waals surface area contributed by atoms with Crippen molar-refractivity contribution in [3.8, 4) is 0 Å². The van der Waals surface area contributed by atoms with Crippen LogP contribution in [0.25, 0.3) is 0 Å². The Bertz CT molecular complexity index is 534. The molecule has 0 aliphatic carbocycles. The van der Waals surface area contributed by atoms with Crippen molar-refractivity contribution in [2.45, 2.75) is 26.3 Å². The van der Waals surface area contributed by atoms with Crippen molar-refractivity contribution in [1.29, 1.82) is 0 Å². The van der Waals surface area contributed by atoms with E-state index in [2.05, 4.69) is 23.3 Å². The van der Waals surface area contributed by atoms with E-state index in [1.54, 1.807) is 4.90 Å². The lowest BCUT2D eigenvalue weighted by Crippen LogP contribution is -2.42. The van der Waals surface area contributed by atoms with E-state index < -0.39 is 0 Å². The number of hydrogen-bond acceptors (Lipinski definition) is 4.